The van der Waals surface area contributed by atoms with Gasteiger partial charge in [0.05, 0.1) is 0 Å². The maximum atomic E-state index is 13.9. The van der Waals surface area contributed by atoms with Crippen LogP contribution in [0.15, 0.2) is 78.9 Å². The van der Waals surface area contributed by atoms with Gasteiger partial charge in [0.15, 0.2) is 0 Å². The number of carboxylic acids is 1. The largest absolute Gasteiger partial charge is 0.480 e. The molecule has 0 bridgehead atoms. The number of likely N-dealkylation sites (N-methyl/N-ethyl adjacent to an activating group) is 1. The van der Waals surface area contributed by atoms with E-state index in [4.69, 9.17) is 4.74 Å². The van der Waals surface area contributed by atoms with E-state index < -0.39 is 29.6 Å². The molecule has 1 saturated heterocycles. The molecule has 5 rings (SSSR count). The molecule has 0 spiro atoms. The first-order valence-corrected chi connectivity index (χ1v) is 14.2. The molecule has 41 heavy (non-hydrogen) atoms. The summed E-state index contributed by atoms with van der Waals surface area (Å²) in [5.74, 6) is -1.58. The van der Waals surface area contributed by atoms with Crippen molar-refractivity contribution in [1.82, 2.24) is 15.1 Å². The number of piperidine rings is 1. The molecule has 2 N–H and O–H groups in total. The topological polar surface area (TPSA) is 99.2 Å². The van der Waals surface area contributed by atoms with Crippen LogP contribution >= 0.6 is 0 Å². The Morgan fingerprint density at radius 2 is 1.51 bits per heavy atom. The Bertz CT molecular complexity index is 1360. The van der Waals surface area contributed by atoms with E-state index in [0.717, 1.165) is 28.8 Å². The molecule has 1 heterocycles. The molecule has 1 unspecified atom stereocenters. The second kappa shape index (κ2) is 12.1. The van der Waals surface area contributed by atoms with Crippen LogP contribution in [-0.4, -0.2) is 71.2 Å². The lowest BCUT2D eigenvalue weighted by Crippen LogP contribution is -2.65. The number of hydrogen-bond donors (Lipinski definition) is 2. The SMILES string of the molecule is CCC(C(=O)O)N(C)C(=O)C1(NC(=O)OCC2c3ccccc3-c3ccccc32)CCN(Cc2ccccc2)CC1. The number of carboxylic acid groups (broad SMARTS) is 1. The van der Waals surface area contributed by atoms with E-state index in [1.54, 1.807) is 6.92 Å². The zero-order valence-electron chi connectivity index (χ0n) is 23.6. The highest BCUT2D eigenvalue weighted by atomic mass is 16.5. The maximum Gasteiger partial charge on any atom is 0.408 e. The predicted molar refractivity (Wildman–Crippen MR) is 156 cm³/mol. The van der Waals surface area contributed by atoms with E-state index in [-0.39, 0.29) is 18.9 Å². The summed E-state index contributed by atoms with van der Waals surface area (Å²) in [5, 5.41) is 12.6. The summed E-state index contributed by atoms with van der Waals surface area (Å²) in [6.07, 6.45) is 0.291. The van der Waals surface area contributed by atoms with Gasteiger partial charge in [-0.3, -0.25) is 9.69 Å². The van der Waals surface area contributed by atoms with Gasteiger partial charge >= 0.3 is 12.1 Å². The summed E-state index contributed by atoms with van der Waals surface area (Å²) in [5.41, 5.74) is 4.39. The molecule has 214 valence electrons. The number of likely N-dealkylation sites (tertiary alicyclic amines) is 1. The number of ether oxygens (including phenoxy) is 1. The van der Waals surface area contributed by atoms with Gasteiger partial charge in [0.1, 0.15) is 18.2 Å². The van der Waals surface area contributed by atoms with Gasteiger partial charge in [0.25, 0.3) is 0 Å². The number of amides is 2. The molecular weight excluding hydrogens is 518 g/mol. The summed E-state index contributed by atoms with van der Waals surface area (Å²) in [7, 11) is 1.50. The standard InChI is InChI=1S/C33H37N3O5/c1-3-29(30(37)38)35(2)31(39)33(17-19-36(20-18-33)21-23-11-5-4-6-12-23)34-32(40)41-22-28-26-15-9-7-13-24(26)25-14-8-10-16-27(25)28/h4-16,28-29H,3,17-22H2,1-2H3,(H,34,40)(H,37,38). The Balaban J connectivity index is 1.32. The molecular formula is C33H37N3O5. The van der Waals surface area contributed by atoms with E-state index >= 15 is 0 Å². The minimum atomic E-state index is -1.26. The van der Waals surface area contributed by atoms with E-state index in [9.17, 15) is 19.5 Å². The molecule has 2 amide bonds. The number of fused-ring (bicyclic) bond motifs is 3. The van der Waals surface area contributed by atoms with Gasteiger partial charge in [0, 0.05) is 32.6 Å². The molecule has 1 atom stereocenters. The van der Waals surface area contributed by atoms with Crippen LogP contribution < -0.4 is 5.32 Å². The van der Waals surface area contributed by atoms with Crippen LogP contribution in [-0.2, 0) is 20.9 Å². The quantitative estimate of drug-likeness (QED) is 0.391. The molecule has 8 heteroatoms. The van der Waals surface area contributed by atoms with Crippen LogP contribution in [0.5, 0.6) is 0 Å². The number of benzene rings is 3. The number of rotatable bonds is 9. The lowest BCUT2D eigenvalue weighted by atomic mass is 9.85. The maximum absolute atomic E-state index is 13.9. The summed E-state index contributed by atoms with van der Waals surface area (Å²) >= 11 is 0. The van der Waals surface area contributed by atoms with Gasteiger partial charge in [-0.1, -0.05) is 85.8 Å². The molecule has 0 saturated carbocycles. The summed E-state index contributed by atoms with van der Waals surface area (Å²) in [4.78, 5) is 42.6. The van der Waals surface area contributed by atoms with E-state index in [1.165, 1.54) is 17.5 Å². The summed E-state index contributed by atoms with van der Waals surface area (Å²) in [6, 6.07) is 25.4. The number of nitrogens with one attached hydrogen (secondary N) is 1. The van der Waals surface area contributed by atoms with Crippen molar-refractivity contribution in [2.75, 3.05) is 26.7 Å². The zero-order chi connectivity index (χ0) is 29.0. The van der Waals surface area contributed by atoms with Gasteiger partial charge in [-0.25, -0.2) is 9.59 Å². The monoisotopic (exact) mass is 555 g/mol. The van der Waals surface area contributed by atoms with Gasteiger partial charge < -0.3 is 20.1 Å². The third-order valence-corrected chi connectivity index (χ3v) is 8.51. The second-order valence-corrected chi connectivity index (χ2v) is 11.0. The van der Waals surface area contributed by atoms with E-state index in [1.807, 2.05) is 42.5 Å². The van der Waals surface area contributed by atoms with Crippen LogP contribution in [0.3, 0.4) is 0 Å². The van der Waals surface area contributed by atoms with Crippen molar-refractivity contribution in [3.8, 4) is 11.1 Å². The first-order chi connectivity index (χ1) is 19.8. The van der Waals surface area contributed by atoms with Crippen molar-refractivity contribution in [2.24, 2.45) is 0 Å². The molecule has 0 radical (unpaired) electrons. The van der Waals surface area contributed by atoms with Crippen molar-refractivity contribution in [3.63, 3.8) is 0 Å². The predicted octanol–water partition coefficient (Wildman–Crippen LogP) is 4.88. The highest BCUT2D eigenvalue weighted by Gasteiger charge is 2.46. The van der Waals surface area contributed by atoms with E-state index in [0.29, 0.717) is 25.9 Å². The summed E-state index contributed by atoms with van der Waals surface area (Å²) in [6.45, 7) is 3.74. The Morgan fingerprint density at radius 3 is 2.07 bits per heavy atom. The van der Waals surface area contributed by atoms with E-state index in [2.05, 4.69) is 46.6 Å². The van der Waals surface area contributed by atoms with Crippen molar-refractivity contribution in [2.45, 2.75) is 50.2 Å². The van der Waals surface area contributed by atoms with Gasteiger partial charge in [0.2, 0.25) is 5.91 Å². The lowest BCUT2D eigenvalue weighted by molar-refractivity contribution is -0.153. The third-order valence-electron chi connectivity index (χ3n) is 8.51. The van der Waals surface area contributed by atoms with Crippen molar-refractivity contribution in [1.29, 1.82) is 0 Å². The second-order valence-electron chi connectivity index (χ2n) is 11.0. The van der Waals surface area contributed by atoms with Crippen molar-refractivity contribution >= 4 is 18.0 Å². The molecule has 1 aliphatic heterocycles. The average molecular weight is 556 g/mol. The Morgan fingerprint density at radius 1 is 0.951 bits per heavy atom. The molecule has 1 aliphatic carbocycles. The van der Waals surface area contributed by atoms with Gasteiger partial charge in [-0.15, -0.1) is 0 Å². The minimum absolute atomic E-state index is 0.105. The normalized spacial score (nSPS) is 16.7. The molecule has 2 aliphatic rings. The highest BCUT2D eigenvalue weighted by Crippen LogP contribution is 2.44. The number of hydrogen-bond acceptors (Lipinski definition) is 5. The molecule has 8 nitrogen and oxygen atoms in total. The van der Waals surface area contributed by atoms with Gasteiger partial charge in [-0.05, 0) is 47.1 Å². The van der Waals surface area contributed by atoms with Crippen LogP contribution in [0.2, 0.25) is 0 Å². The van der Waals surface area contributed by atoms with Crippen molar-refractivity contribution in [3.05, 3.63) is 95.6 Å². The van der Waals surface area contributed by atoms with Gasteiger partial charge in [-0.2, -0.15) is 0 Å². The average Bonchev–Trinajstić information content (AvgIpc) is 3.31. The Labute approximate surface area is 240 Å². The molecule has 3 aromatic rings. The zero-order valence-corrected chi connectivity index (χ0v) is 23.6. The van der Waals surface area contributed by atoms with Crippen LogP contribution in [0, 0.1) is 0 Å². The molecule has 3 aromatic carbocycles. The Kier molecular flexibility index (Phi) is 8.40. The van der Waals surface area contributed by atoms with Crippen molar-refractivity contribution < 1.29 is 24.2 Å². The first-order valence-electron chi connectivity index (χ1n) is 14.2. The van der Waals surface area contributed by atoms with Crippen LogP contribution in [0.25, 0.3) is 11.1 Å². The molecule has 0 aromatic heterocycles. The fraction of sp³-hybridized carbons (Fsp3) is 0.364. The smallest absolute Gasteiger partial charge is 0.408 e. The Hall–Kier alpha value is -4.17. The number of alkyl carbamates (subject to hydrolysis) is 1. The number of carbonyl (C=O) groups excluding carboxylic acids is 2. The minimum Gasteiger partial charge on any atom is -0.480 e. The van der Waals surface area contributed by atoms with Crippen LogP contribution in [0.1, 0.15) is 48.8 Å². The first kappa shape index (κ1) is 28.4. The fourth-order valence-corrected chi connectivity index (χ4v) is 6.25. The number of carbonyl (C=O) groups is 3. The van der Waals surface area contributed by atoms with Crippen LogP contribution in [0.4, 0.5) is 4.79 Å². The third kappa shape index (κ3) is 5.84. The lowest BCUT2D eigenvalue weighted by Gasteiger charge is -2.43. The number of aliphatic carboxylic acids is 1. The fourth-order valence-electron chi connectivity index (χ4n) is 6.25. The molecule has 1 fully saturated rings. The number of nitrogens with zero attached hydrogens (tertiary/aromatic N) is 2. The highest BCUT2D eigenvalue weighted by molar-refractivity contribution is 5.93. The summed E-state index contributed by atoms with van der Waals surface area (Å²) < 4.78 is 5.80.